The molecule has 1 saturated heterocycles. The van der Waals surface area contributed by atoms with Crippen LogP contribution in [0, 0.1) is 0 Å². The maximum atomic E-state index is 12.8. The molecule has 3 rings (SSSR count). The largest absolute Gasteiger partial charge is 0.417 e. The zero-order valence-corrected chi connectivity index (χ0v) is 15.3. The summed E-state index contributed by atoms with van der Waals surface area (Å²) in [4.78, 5) is 5.66. The van der Waals surface area contributed by atoms with E-state index in [0.29, 0.717) is 38.2 Å². The lowest BCUT2D eigenvalue weighted by molar-refractivity contribution is -0.137. The molecule has 0 bridgehead atoms. The number of nitrogens with two attached hydrogens (primary N) is 1. The number of rotatable bonds is 4. The van der Waals surface area contributed by atoms with Crippen LogP contribution in [-0.2, 0) is 22.6 Å². The van der Waals surface area contributed by atoms with Crippen molar-refractivity contribution in [3.63, 3.8) is 0 Å². The first kappa shape index (κ1) is 19.6. The summed E-state index contributed by atoms with van der Waals surface area (Å²) in [6.07, 6.45) is -1.61. The van der Waals surface area contributed by atoms with Crippen molar-refractivity contribution in [2.24, 2.45) is 5.73 Å². The van der Waals surface area contributed by atoms with Gasteiger partial charge >= 0.3 is 6.18 Å². The lowest BCUT2D eigenvalue weighted by Gasteiger charge is -2.33. The molecule has 2 aromatic rings. The van der Waals surface area contributed by atoms with Crippen LogP contribution in [0.15, 0.2) is 47.6 Å². The van der Waals surface area contributed by atoms with Crippen molar-refractivity contribution in [2.75, 3.05) is 18.0 Å². The lowest BCUT2D eigenvalue weighted by Crippen LogP contribution is -2.39. The van der Waals surface area contributed by atoms with Crippen molar-refractivity contribution in [2.45, 2.75) is 35.7 Å². The van der Waals surface area contributed by atoms with Crippen molar-refractivity contribution in [3.8, 4) is 0 Å². The molecule has 1 aliphatic rings. The number of anilines is 1. The minimum Gasteiger partial charge on any atom is -0.370 e. The van der Waals surface area contributed by atoms with Gasteiger partial charge in [-0.2, -0.15) is 13.2 Å². The average Bonchev–Trinajstić information content (AvgIpc) is 2.67. The van der Waals surface area contributed by atoms with Crippen LogP contribution in [0.5, 0.6) is 0 Å². The smallest absolute Gasteiger partial charge is 0.370 e. The van der Waals surface area contributed by atoms with Gasteiger partial charge in [0.05, 0.1) is 27.6 Å². The molecule has 1 aliphatic heterocycles. The van der Waals surface area contributed by atoms with Crippen molar-refractivity contribution in [3.05, 3.63) is 53.9 Å². The molecule has 9 heteroatoms. The van der Waals surface area contributed by atoms with E-state index in [4.69, 9.17) is 5.73 Å². The van der Waals surface area contributed by atoms with Gasteiger partial charge in [0, 0.05) is 25.8 Å². The summed E-state index contributed by atoms with van der Waals surface area (Å²) < 4.78 is 64.2. The van der Waals surface area contributed by atoms with Gasteiger partial charge < -0.3 is 10.6 Å². The first-order valence-corrected chi connectivity index (χ1v) is 10.1. The zero-order chi connectivity index (χ0) is 19.7. The van der Waals surface area contributed by atoms with Crippen LogP contribution in [0.25, 0.3) is 0 Å². The van der Waals surface area contributed by atoms with E-state index < -0.39 is 26.8 Å². The Labute approximate surface area is 155 Å². The molecular formula is C18H20F3N3O2S. The SMILES string of the molecule is NCc1ccc(S(=O)(=O)C2CCN(c3cncc(C(F)(F)F)c3)CC2)cc1. The maximum Gasteiger partial charge on any atom is 0.417 e. The quantitative estimate of drug-likeness (QED) is 0.855. The van der Waals surface area contributed by atoms with E-state index in [0.717, 1.165) is 17.8 Å². The van der Waals surface area contributed by atoms with Crippen LogP contribution in [-0.4, -0.2) is 31.7 Å². The van der Waals surface area contributed by atoms with Crippen LogP contribution >= 0.6 is 0 Å². The highest BCUT2D eigenvalue weighted by atomic mass is 32.2. The van der Waals surface area contributed by atoms with E-state index in [9.17, 15) is 21.6 Å². The number of benzene rings is 1. The highest BCUT2D eigenvalue weighted by Crippen LogP contribution is 2.32. The number of nitrogens with zero attached hydrogens (tertiary/aromatic N) is 2. The number of halogens is 3. The normalized spacial score (nSPS) is 16.5. The Kier molecular flexibility index (Phi) is 5.43. The topological polar surface area (TPSA) is 76.3 Å². The first-order chi connectivity index (χ1) is 12.7. The Morgan fingerprint density at radius 3 is 2.30 bits per heavy atom. The van der Waals surface area contributed by atoms with E-state index in [1.165, 1.54) is 6.20 Å². The summed E-state index contributed by atoms with van der Waals surface area (Å²) in [5.74, 6) is 0. The van der Waals surface area contributed by atoms with Crippen molar-refractivity contribution in [1.82, 2.24) is 4.98 Å². The fourth-order valence-electron chi connectivity index (χ4n) is 3.19. The molecule has 1 aromatic carbocycles. The van der Waals surface area contributed by atoms with Gasteiger partial charge in [-0.05, 0) is 36.6 Å². The molecule has 0 saturated carbocycles. The minimum absolute atomic E-state index is 0.249. The molecule has 5 nitrogen and oxygen atoms in total. The van der Waals surface area contributed by atoms with Gasteiger partial charge in [0.25, 0.3) is 0 Å². The van der Waals surface area contributed by atoms with E-state index in [1.807, 2.05) is 0 Å². The summed E-state index contributed by atoms with van der Waals surface area (Å²) in [6.45, 7) is 1.05. The zero-order valence-electron chi connectivity index (χ0n) is 14.5. The Morgan fingerprint density at radius 1 is 1.11 bits per heavy atom. The van der Waals surface area contributed by atoms with E-state index in [-0.39, 0.29) is 4.90 Å². The Morgan fingerprint density at radius 2 is 1.74 bits per heavy atom. The second-order valence-corrected chi connectivity index (χ2v) is 8.74. The van der Waals surface area contributed by atoms with E-state index in [1.54, 1.807) is 29.2 Å². The van der Waals surface area contributed by atoms with Gasteiger partial charge in [0.15, 0.2) is 9.84 Å². The molecule has 0 spiro atoms. The molecule has 1 aromatic heterocycles. The van der Waals surface area contributed by atoms with Crippen molar-refractivity contribution < 1.29 is 21.6 Å². The van der Waals surface area contributed by atoms with Crippen LogP contribution in [0.4, 0.5) is 18.9 Å². The minimum atomic E-state index is -4.46. The van der Waals surface area contributed by atoms with Gasteiger partial charge in [-0.3, -0.25) is 4.98 Å². The number of sulfone groups is 1. The second-order valence-electron chi connectivity index (χ2n) is 6.51. The van der Waals surface area contributed by atoms with Crippen LogP contribution < -0.4 is 10.6 Å². The third-order valence-corrected chi connectivity index (χ3v) is 7.06. The molecule has 0 atom stereocenters. The van der Waals surface area contributed by atoms with Gasteiger partial charge in [0.2, 0.25) is 0 Å². The fraction of sp³-hybridized carbons (Fsp3) is 0.389. The molecule has 1 fully saturated rings. The Bertz CT molecular complexity index is 891. The first-order valence-electron chi connectivity index (χ1n) is 8.52. The molecular weight excluding hydrogens is 379 g/mol. The Hall–Kier alpha value is -2.13. The molecule has 0 aliphatic carbocycles. The number of hydrogen-bond donors (Lipinski definition) is 1. The summed E-state index contributed by atoms with van der Waals surface area (Å²) in [6, 6.07) is 7.54. The average molecular weight is 399 g/mol. The van der Waals surface area contributed by atoms with Gasteiger partial charge in [0.1, 0.15) is 0 Å². The van der Waals surface area contributed by atoms with Crippen molar-refractivity contribution in [1.29, 1.82) is 0 Å². The van der Waals surface area contributed by atoms with Crippen LogP contribution in [0.3, 0.4) is 0 Å². The summed E-state index contributed by atoms with van der Waals surface area (Å²) in [5, 5.41) is -0.559. The highest BCUT2D eigenvalue weighted by molar-refractivity contribution is 7.92. The molecule has 2 N–H and O–H groups in total. The van der Waals surface area contributed by atoms with Crippen LogP contribution in [0.1, 0.15) is 24.0 Å². The molecule has 2 heterocycles. The van der Waals surface area contributed by atoms with Crippen LogP contribution in [0.2, 0.25) is 0 Å². The molecule has 0 amide bonds. The maximum absolute atomic E-state index is 12.8. The predicted molar refractivity (Wildman–Crippen MR) is 96.0 cm³/mol. The standard InChI is InChI=1S/C18H20F3N3O2S/c19-18(20,21)14-9-15(12-23-11-14)24-7-5-17(6-8-24)27(25,26)16-3-1-13(10-22)2-4-16/h1-4,9,11-12,17H,5-8,10,22H2. The third kappa shape index (κ3) is 4.24. The number of hydrogen-bond acceptors (Lipinski definition) is 5. The number of piperidine rings is 1. The highest BCUT2D eigenvalue weighted by Gasteiger charge is 2.34. The van der Waals surface area contributed by atoms with Gasteiger partial charge in [-0.1, -0.05) is 12.1 Å². The monoisotopic (exact) mass is 399 g/mol. The molecule has 0 unspecified atom stereocenters. The van der Waals surface area contributed by atoms with E-state index in [2.05, 4.69) is 4.98 Å². The Balaban J connectivity index is 1.71. The molecule has 0 radical (unpaired) electrons. The number of alkyl halides is 3. The third-order valence-electron chi connectivity index (χ3n) is 4.78. The van der Waals surface area contributed by atoms with Gasteiger partial charge in [-0.15, -0.1) is 0 Å². The summed E-state index contributed by atoms with van der Waals surface area (Å²) >= 11 is 0. The predicted octanol–water partition coefficient (Wildman–Crippen LogP) is 3.00. The van der Waals surface area contributed by atoms with Gasteiger partial charge in [-0.25, -0.2) is 8.42 Å². The molecule has 27 heavy (non-hydrogen) atoms. The van der Waals surface area contributed by atoms with Crippen molar-refractivity contribution >= 4 is 15.5 Å². The molecule has 146 valence electrons. The summed E-state index contributed by atoms with van der Waals surface area (Å²) in [5.41, 5.74) is 5.92. The second kappa shape index (κ2) is 7.47. The number of pyridine rings is 1. The number of aromatic nitrogens is 1. The fourth-order valence-corrected chi connectivity index (χ4v) is 4.92. The van der Waals surface area contributed by atoms with E-state index >= 15 is 0 Å². The summed E-state index contributed by atoms with van der Waals surface area (Å²) in [7, 11) is -3.49. The lowest BCUT2D eigenvalue weighted by atomic mass is 10.1.